The topological polar surface area (TPSA) is 74.3 Å². The lowest BCUT2D eigenvalue weighted by molar-refractivity contribution is -0.109. The van der Waals surface area contributed by atoms with E-state index in [0.29, 0.717) is 30.9 Å². The predicted octanol–water partition coefficient (Wildman–Crippen LogP) is 0.130. The number of carbonyl (C=O) groups is 2. The highest BCUT2D eigenvalue weighted by Gasteiger charge is 2.26. The number of nitrogens with zero attached hydrogens (tertiary/aromatic N) is 2. The first-order chi connectivity index (χ1) is 7.76. The van der Waals surface area contributed by atoms with Crippen LogP contribution in [0.4, 0.5) is 5.82 Å². The Morgan fingerprint density at radius 1 is 1.62 bits per heavy atom. The van der Waals surface area contributed by atoms with Gasteiger partial charge in [0.1, 0.15) is 5.82 Å². The highest BCUT2D eigenvalue weighted by atomic mass is 16.2. The number of rotatable bonds is 4. The molecule has 0 aliphatic carbocycles. The second-order valence-corrected chi connectivity index (χ2v) is 3.43. The van der Waals surface area contributed by atoms with E-state index in [9.17, 15) is 9.59 Å². The number of fused-ring (bicyclic) bond motifs is 1. The van der Waals surface area contributed by atoms with E-state index in [2.05, 4.69) is 15.8 Å². The van der Waals surface area contributed by atoms with Crippen molar-refractivity contribution in [3.05, 3.63) is 23.4 Å². The largest absolute Gasteiger partial charge is 0.335 e. The number of carbonyl (C=O) groups excluding carboxylic acids is 2. The molecule has 2 rings (SSSR count). The molecule has 0 saturated heterocycles. The van der Waals surface area contributed by atoms with Gasteiger partial charge in [0, 0.05) is 19.3 Å². The van der Waals surface area contributed by atoms with Crippen LogP contribution in [0, 0.1) is 0 Å². The molecular weight excluding hydrogens is 208 g/mol. The molecule has 0 saturated carbocycles. The molecule has 1 aromatic rings. The number of hydrazine groups is 1. The SMILES string of the molecule is CCN1Cc2cc(NNC=O)ncc2C1=O. The number of pyridine rings is 1. The first-order valence-electron chi connectivity index (χ1n) is 4.99. The maximum Gasteiger partial charge on any atom is 0.256 e. The number of nitrogens with one attached hydrogen (secondary N) is 2. The molecule has 1 aromatic heterocycles. The highest BCUT2D eigenvalue weighted by molar-refractivity contribution is 5.98. The molecule has 2 N–H and O–H groups in total. The molecule has 1 aliphatic rings. The molecule has 6 nitrogen and oxygen atoms in total. The molecular formula is C10H12N4O2. The molecule has 6 heteroatoms. The molecule has 2 heterocycles. The Balaban J connectivity index is 2.22. The quantitative estimate of drug-likeness (QED) is 0.558. The summed E-state index contributed by atoms with van der Waals surface area (Å²) in [6.45, 7) is 3.22. The normalized spacial score (nSPS) is 13.6. The van der Waals surface area contributed by atoms with Crippen LogP contribution in [0.3, 0.4) is 0 Å². The van der Waals surface area contributed by atoms with Crippen LogP contribution in [-0.4, -0.2) is 28.7 Å². The van der Waals surface area contributed by atoms with Crippen LogP contribution in [0.2, 0.25) is 0 Å². The Morgan fingerprint density at radius 2 is 2.44 bits per heavy atom. The van der Waals surface area contributed by atoms with Gasteiger partial charge in [-0.15, -0.1) is 0 Å². The number of hydrogen-bond acceptors (Lipinski definition) is 4. The van der Waals surface area contributed by atoms with Crippen LogP contribution in [0.25, 0.3) is 0 Å². The Hall–Kier alpha value is -2.11. The van der Waals surface area contributed by atoms with Crippen LogP contribution < -0.4 is 10.9 Å². The van der Waals surface area contributed by atoms with Gasteiger partial charge in [0.05, 0.1) is 5.56 Å². The fraction of sp³-hybridized carbons (Fsp3) is 0.300. The maximum absolute atomic E-state index is 11.7. The summed E-state index contributed by atoms with van der Waals surface area (Å²) < 4.78 is 0. The zero-order valence-corrected chi connectivity index (χ0v) is 8.86. The first-order valence-corrected chi connectivity index (χ1v) is 4.99. The summed E-state index contributed by atoms with van der Waals surface area (Å²) in [4.78, 5) is 27.6. The molecule has 0 radical (unpaired) electrons. The van der Waals surface area contributed by atoms with E-state index >= 15 is 0 Å². The van der Waals surface area contributed by atoms with Gasteiger partial charge in [0.2, 0.25) is 6.41 Å². The summed E-state index contributed by atoms with van der Waals surface area (Å²) in [5.74, 6) is 0.538. The summed E-state index contributed by atoms with van der Waals surface area (Å²) >= 11 is 0. The second-order valence-electron chi connectivity index (χ2n) is 3.43. The standard InChI is InChI=1S/C10H12N4O2/c1-2-14-5-7-3-9(13-12-6-15)11-4-8(7)10(14)16/h3-4,6H,2,5H2,1H3,(H,11,13)(H,12,15). The molecule has 1 aliphatic heterocycles. The van der Waals surface area contributed by atoms with Crippen molar-refractivity contribution in [1.82, 2.24) is 15.3 Å². The van der Waals surface area contributed by atoms with Crippen molar-refractivity contribution >= 4 is 18.1 Å². The van der Waals surface area contributed by atoms with Gasteiger partial charge >= 0.3 is 0 Å². The molecule has 0 spiro atoms. The van der Waals surface area contributed by atoms with E-state index in [1.807, 2.05) is 6.92 Å². The third kappa shape index (κ3) is 1.69. The van der Waals surface area contributed by atoms with Gasteiger partial charge in [0.15, 0.2) is 0 Å². The Kier molecular flexibility index (Phi) is 2.72. The number of hydrogen-bond donors (Lipinski definition) is 2. The molecule has 0 unspecified atom stereocenters. The van der Waals surface area contributed by atoms with E-state index in [0.717, 1.165) is 5.56 Å². The van der Waals surface area contributed by atoms with Crippen molar-refractivity contribution < 1.29 is 9.59 Å². The Labute approximate surface area is 92.6 Å². The van der Waals surface area contributed by atoms with Gasteiger partial charge < -0.3 is 4.90 Å². The third-order valence-corrected chi connectivity index (χ3v) is 2.51. The zero-order chi connectivity index (χ0) is 11.5. The van der Waals surface area contributed by atoms with Crippen molar-refractivity contribution in [2.24, 2.45) is 0 Å². The minimum atomic E-state index is 0.0138. The van der Waals surface area contributed by atoms with Gasteiger partial charge in [-0.3, -0.25) is 20.4 Å². The second kappa shape index (κ2) is 4.18. The van der Waals surface area contributed by atoms with Crippen LogP contribution in [0.1, 0.15) is 22.8 Å². The summed E-state index contributed by atoms with van der Waals surface area (Å²) in [5.41, 5.74) is 6.48. The third-order valence-electron chi connectivity index (χ3n) is 2.51. The minimum absolute atomic E-state index is 0.0138. The molecule has 0 atom stereocenters. The van der Waals surface area contributed by atoms with E-state index in [-0.39, 0.29) is 5.91 Å². The zero-order valence-electron chi connectivity index (χ0n) is 8.86. The molecule has 0 fully saturated rings. The number of anilines is 1. The van der Waals surface area contributed by atoms with Crippen LogP contribution in [-0.2, 0) is 11.3 Å². The molecule has 0 bridgehead atoms. The lowest BCUT2D eigenvalue weighted by Crippen LogP contribution is -2.22. The maximum atomic E-state index is 11.7. The van der Waals surface area contributed by atoms with E-state index in [1.54, 1.807) is 11.0 Å². The van der Waals surface area contributed by atoms with Crippen molar-refractivity contribution in [2.45, 2.75) is 13.5 Å². The van der Waals surface area contributed by atoms with Gasteiger partial charge in [0.25, 0.3) is 5.91 Å². The Bertz CT molecular complexity index is 433. The van der Waals surface area contributed by atoms with E-state index in [1.165, 1.54) is 6.20 Å². The van der Waals surface area contributed by atoms with Gasteiger partial charge in [-0.05, 0) is 18.6 Å². The van der Waals surface area contributed by atoms with Crippen molar-refractivity contribution in [2.75, 3.05) is 12.0 Å². The highest BCUT2D eigenvalue weighted by Crippen LogP contribution is 2.23. The van der Waals surface area contributed by atoms with Gasteiger partial charge in [-0.1, -0.05) is 0 Å². The monoisotopic (exact) mass is 220 g/mol. The van der Waals surface area contributed by atoms with Crippen molar-refractivity contribution in [3.63, 3.8) is 0 Å². The fourth-order valence-electron chi connectivity index (χ4n) is 1.70. The number of amides is 2. The van der Waals surface area contributed by atoms with E-state index in [4.69, 9.17) is 0 Å². The predicted molar refractivity (Wildman–Crippen MR) is 57.5 cm³/mol. The number of aromatic nitrogens is 1. The first kappa shape index (κ1) is 10.4. The van der Waals surface area contributed by atoms with Crippen molar-refractivity contribution in [1.29, 1.82) is 0 Å². The van der Waals surface area contributed by atoms with Crippen LogP contribution in [0.15, 0.2) is 12.3 Å². The molecule has 0 aromatic carbocycles. The van der Waals surface area contributed by atoms with E-state index < -0.39 is 0 Å². The summed E-state index contributed by atoms with van der Waals surface area (Å²) in [6.07, 6.45) is 2.06. The summed E-state index contributed by atoms with van der Waals surface area (Å²) in [7, 11) is 0. The van der Waals surface area contributed by atoms with Gasteiger partial charge in [-0.2, -0.15) is 0 Å². The lowest BCUT2D eigenvalue weighted by Gasteiger charge is -2.10. The van der Waals surface area contributed by atoms with Gasteiger partial charge in [-0.25, -0.2) is 4.98 Å². The average molecular weight is 220 g/mol. The summed E-state index contributed by atoms with van der Waals surface area (Å²) in [5, 5.41) is 0. The minimum Gasteiger partial charge on any atom is -0.335 e. The average Bonchev–Trinajstić information content (AvgIpc) is 2.63. The smallest absolute Gasteiger partial charge is 0.256 e. The molecule has 16 heavy (non-hydrogen) atoms. The lowest BCUT2D eigenvalue weighted by atomic mass is 10.2. The fourth-order valence-corrected chi connectivity index (χ4v) is 1.70. The van der Waals surface area contributed by atoms with Crippen molar-refractivity contribution in [3.8, 4) is 0 Å². The Morgan fingerprint density at radius 3 is 3.12 bits per heavy atom. The molecule has 2 amide bonds. The summed E-state index contributed by atoms with van der Waals surface area (Å²) in [6, 6.07) is 1.76. The van der Waals surface area contributed by atoms with Crippen LogP contribution in [0.5, 0.6) is 0 Å². The molecule has 84 valence electrons. The van der Waals surface area contributed by atoms with Crippen LogP contribution >= 0.6 is 0 Å².